The second-order valence-corrected chi connectivity index (χ2v) is 5.57. The standard InChI is InChI=1S/C14H16ClNS/c1-9-6-7-17-14(9)13(16-3)12-5-4-11(15)8-10(12)2/h4-8,13,16H,1-3H3. The number of halogens is 1. The molecule has 1 heterocycles. The van der Waals surface area contributed by atoms with Gasteiger partial charge in [0.1, 0.15) is 0 Å². The van der Waals surface area contributed by atoms with Crippen molar-refractivity contribution < 1.29 is 0 Å². The quantitative estimate of drug-likeness (QED) is 0.871. The summed E-state index contributed by atoms with van der Waals surface area (Å²) < 4.78 is 0. The van der Waals surface area contributed by atoms with E-state index >= 15 is 0 Å². The average molecular weight is 266 g/mol. The van der Waals surface area contributed by atoms with Gasteiger partial charge in [0, 0.05) is 9.90 Å². The summed E-state index contributed by atoms with van der Waals surface area (Å²) in [5.74, 6) is 0. The molecule has 0 aliphatic rings. The molecular formula is C14H16ClNS. The Kier molecular flexibility index (Phi) is 3.87. The fraction of sp³-hybridized carbons (Fsp3) is 0.286. The molecule has 1 atom stereocenters. The van der Waals surface area contributed by atoms with Gasteiger partial charge in [-0.2, -0.15) is 0 Å². The van der Waals surface area contributed by atoms with Crippen molar-refractivity contribution in [2.45, 2.75) is 19.9 Å². The number of nitrogens with one attached hydrogen (secondary N) is 1. The summed E-state index contributed by atoms with van der Waals surface area (Å²) in [5, 5.41) is 6.32. The predicted octanol–water partition coefficient (Wildman–Crippen LogP) is 4.33. The Balaban J connectivity index is 2.46. The lowest BCUT2D eigenvalue weighted by Crippen LogP contribution is -2.18. The Morgan fingerprint density at radius 2 is 1.94 bits per heavy atom. The van der Waals surface area contributed by atoms with Crippen LogP contribution in [0.1, 0.15) is 27.6 Å². The molecular weight excluding hydrogens is 250 g/mol. The van der Waals surface area contributed by atoms with Crippen LogP contribution in [0.5, 0.6) is 0 Å². The van der Waals surface area contributed by atoms with E-state index in [9.17, 15) is 0 Å². The van der Waals surface area contributed by atoms with E-state index in [2.05, 4.69) is 36.7 Å². The smallest absolute Gasteiger partial charge is 0.0673 e. The second kappa shape index (κ2) is 5.21. The second-order valence-electron chi connectivity index (χ2n) is 4.19. The first-order valence-corrected chi connectivity index (χ1v) is 6.86. The Hall–Kier alpha value is -0.830. The van der Waals surface area contributed by atoms with Gasteiger partial charge < -0.3 is 5.32 Å². The van der Waals surface area contributed by atoms with E-state index in [1.54, 1.807) is 11.3 Å². The topological polar surface area (TPSA) is 12.0 Å². The van der Waals surface area contributed by atoms with Gasteiger partial charge in [-0.3, -0.25) is 0 Å². The molecule has 90 valence electrons. The summed E-state index contributed by atoms with van der Waals surface area (Å²) in [4.78, 5) is 1.37. The molecule has 1 unspecified atom stereocenters. The van der Waals surface area contributed by atoms with E-state index in [0.29, 0.717) is 0 Å². The van der Waals surface area contributed by atoms with Gasteiger partial charge in [-0.25, -0.2) is 0 Å². The van der Waals surface area contributed by atoms with Gasteiger partial charge in [0.15, 0.2) is 0 Å². The maximum Gasteiger partial charge on any atom is 0.0673 e. The molecule has 2 aromatic rings. The van der Waals surface area contributed by atoms with Crippen molar-refractivity contribution in [1.29, 1.82) is 0 Å². The highest BCUT2D eigenvalue weighted by atomic mass is 35.5. The van der Waals surface area contributed by atoms with E-state index in [4.69, 9.17) is 11.6 Å². The number of benzene rings is 1. The third-order valence-corrected chi connectivity index (χ3v) is 4.31. The van der Waals surface area contributed by atoms with Crippen LogP contribution in [0.15, 0.2) is 29.6 Å². The van der Waals surface area contributed by atoms with Crippen LogP contribution in [-0.2, 0) is 0 Å². The van der Waals surface area contributed by atoms with Crippen molar-refractivity contribution in [2.24, 2.45) is 0 Å². The molecule has 0 bridgehead atoms. The maximum atomic E-state index is 6.00. The number of hydrogen-bond donors (Lipinski definition) is 1. The average Bonchev–Trinajstić information content (AvgIpc) is 2.69. The van der Waals surface area contributed by atoms with Gasteiger partial charge in [0.05, 0.1) is 6.04 Å². The van der Waals surface area contributed by atoms with Crippen LogP contribution in [0.4, 0.5) is 0 Å². The van der Waals surface area contributed by atoms with E-state index in [0.717, 1.165) is 5.02 Å². The van der Waals surface area contributed by atoms with Crippen LogP contribution in [-0.4, -0.2) is 7.05 Å². The van der Waals surface area contributed by atoms with Crippen LogP contribution < -0.4 is 5.32 Å². The predicted molar refractivity (Wildman–Crippen MR) is 76.1 cm³/mol. The molecule has 0 fully saturated rings. The summed E-state index contributed by atoms with van der Waals surface area (Å²) in [6.07, 6.45) is 0. The Morgan fingerprint density at radius 1 is 1.18 bits per heavy atom. The first-order valence-electron chi connectivity index (χ1n) is 5.60. The molecule has 0 radical (unpaired) electrons. The normalized spacial score (nSPS) is 12.7. The van der Waals surface area contributed by atoms with Gasteiger partial charge >= 0.3 is 0 Å². The van der Waals surface area contributed by atoms with Crippen LogP contribution in [0.2, 0.25) is 5.02 Å². The summed E-state index contributed by atoms with van der Waals surface area (Å²) in [6.45, 7) is 4.26. The minimum absolute atomic E-state index is 0.257. The maximum absolute atomic E-state index is 6.00. The first-order chi connectivity index (χ1) is 8.13. The fourth-order valence-corrected chi connectivity index (χ4v) is 3.35. The molecule has 0 saturated carbocycles. The highest BCUT2D eigenvalue weighted by molar-refractivity contribution is 7.10. The van der Waals surface area contributed by atoms with Gasteiger partial charge in [-0.15, -0.1) is 11.3 Å². The van der Waals surface area contributed by atoms with Crippen LogP contribution in [0.25, 0.3) is 0 Å². The summed E-state index contributed by atoms with van der Waals surface area (Å²) in [6, 6.07) is 8.50. The lowest BCUT2D eigenvalue weighted by molar-refractivity contribution is 0.696. The molecule has 0 spiro atoms. The minimum Gasteiger partial charge on any atom is -0.309 e. The summed E-state index contributed by atoms with van der Waals surface area (Å²) >= 11 is 7.80. The van der Waals surface area contributed by atoms with Crippen LogP contribution in [0.3, 0.4) is 0 Å². The zero-order valence-corrected chi connectivity index (χ0v) is 11.8. The number of thiophene rings is 1. The van der Waals surface area contributed by atoms with Crippen molar-refractivity contribution >= 4 is 22.9 Å². The van der Waals surface area contributed by atoms with Gasteiger partial charge in [-0.05, 0) is 61.2 Å². The van der Waals surface area contributed by atoms with Crippen molar-refractivity contribution in [3.05, 3.63) is 56.2 Å². The molecule has 17 heavy (non-hydrogen) atoms. The Bertz CT molecular complexity index is 519. The molecule has 1 nitrogen and oxygen atoms in total. The van der Waals surface area contributed by atoms with Gasteiger partial charge in [-0.1, -0.05) is 17.7 Å². The molecule has 0 aliphatic carbocycles. The Morgan fingerprint density at radius 3 is 2.47 bits per heavy atom. The molecule has 0 amide bonds. The molecule has 1 N–H and O–H groups in total. The van der Waals surface area contributed by atoms with Crippen molar-refractivity contribution in [3.63, 3.8) is 0 Å². The number of hydrogen-bond acceptors (Lipinski definition) is 2. The summed E-state index contributed by atoms with van der Waals surface area (Å²) in [7, 11) is 2.00. The molecule has 1 aromatic heterocycles. The monoisotopic (exact) mass is 265 g/mol. The molecule has 0 aliphatic heterocycles. The SMILES string of the molecule is CNC(c1ccc(Cl)cc1C)c1sccc1C. The Labute approximate surface area is 111 Å². The van der Waals surface area contributed by atoms with Crippen molar-refractivity contribution in [1.82, 2.24) is 5.32 Å². The van der Waals surface area contributed by atoms with Crippen LogP contribution >= 0.6 is 22.9 Å². The largest absolute Gasteiger partial charge is 0.309 e. The molecule has 0 saturated heterocycles. The van der Waals surface area contributed by atoms with Gasteiger partial charge in [0.25, 0.3) is 0 Å². The highest BCUT2D eigenvalue weighted by Crippen LogP contribution is 2.31. The van der Waals surface area contributed by atoms with Crippen molar-refractivity contribution in [3.8, 4) is 0 Å². The molecule has 1 aromatic carbocycles. The lowest BCUT2D eigenvalue weighted by atomic mass is 9.98. The zero-order valence-electron chi connectivity index (χ0n) is 10.3. The van der Waals surface area contributed by atoms with Crippen LogP contribution in [0, 0.1) is 13.8 Å². The van der Waals surface area contributed by atoms with Crippen molar-refractivity contribution in [2.75, 3.05) is 7.05 Å². The third-order valence-electron chi connectivity index (χ3n) is 3.00. The van der Waals surface area contributed by atoms with E-state index in [1.807, 2.05) is 19.2 Å². The first kappa shape index (κ1) is 12.6. The highest BCUT2D eigenvalue weighted by Gasteiger charge is 2.17. The van der Waals surface area contributed by atoms with E-state index in [1.165, 1.54) is 21.6 Å². The minimum atomic E-state index is 0.257. The van der Waals surface area contributed by atoms with E-state index in [-0.39, 0.29) is 6.04 Å². The lowest BCUT2D eigenvalue weighted by Gasteiger charge is -2.19. The number of aryl methyl sites for hydroxylation is 2. The molecule has 3 heteroatoms. The van der Waals surface area contributed by atoms with Gasteiger partial charge in [0.2, 0.25) is 0 Å². The summed E-state index contributed by atoms with van der Waals surface area (Å²) in [5.41, 5.74) is 3.86. The fourth-order valence-electron chi connectivity index (χ4n) is 2.07. The van der Waals surface area contributed by atoms with E-state index < -0.39 is 0 Å². The molecule has 2 rings (SSSR count). The number of rotatable bonds is 3. The third kappa shape index (κ3) is 2.54. The zero-order chi connectivity index (χ0) is 12.4.